The van der Waals surface area contributed by atoms with Crippen molar-refractivity contribution in [2.75, 3.05) is 0 Å². The summed E-state index contributed by atoms with van der Waals surface area (Å²) in [6, 6.07) is 5.50. The topological polar surface area (TPSA) is 0 Å². The van der Waals surface area contributed by atoms with Gasteiger partial charge in [-0.3, -0.25) is 0 Å². The zero-order chi connectivity index (χ0) is 27.5. The van der Waals surface area contributed by atoms with Crippen LogP contribution in [-0.2, 0) is 0 Å². The van der Waals surface area contributed by atoms with Crippen molar-refractivity contribution in [2.45, 2.75) is 133 Å². The quantitative estimate of drug-likeness (QED) is 0.215. The van der Waals surface area contributed by atoms with Crippen LogP contribution in [0.15, 0.2) is 12.1 Å². The molecule has 0 aliphatic carbocycles. The van der Waals surface area contributed by atoms with E-state index in [1.54, 1.807) is 16.7 Å². The van der Waals surface area contributed by atoms with Crippen molar-refractivity contribution in [3.05, 3.63) is 28.8 Å². The van der Waals surface area contributed by atoms with E-state index in [1.165, 1.54) is 5.30 Å². The molecule has 0 fully saturated rings. The number of hydrogen-bond donors (Lipinski definition) is 0. The van der Waals surface area contributed by atoms with Crippen LogP contribution in [0, 0.1) is 0 Å². The molecule has 0 unspecified atom stereocenters. The Morgan fingerprint density at radius 2 is 0.629 bits per heavy atom. The van der Waals surface area contributed by atoms with Crippen LogP contribution in [0.25, 0.3) is 0 Å². The summed E-state index contributed by atoms with van der Waals surface area (Å²) in [6.07, 6.45) is 0. The molecule has 0 amide bonds. The molecule has 198 valence electrons. The maximum atomic E-state index is 4.42. The van der Waals surface area contributed by atoms with Gasteiger partial charge >= 0.3 is 18.9 Å². The molecule has 35 heavy (non-hydrogen) atoms. The monoisotopic (exact) mass is 590 g/mol. The van der Waals surface area contributed by atoms with Crippen LogP contribution in [0.5, 0.6) is 0 Å². The van der Waals surface area contributed by atoms with Gasteiger partial charge in [0.2, 0.25) is 0 Å². The van der Waals surface area contributed by atoms with E-state index in [0.717, 1.165) is 15.5 Å². The third-order valence-corrected chi connectivity index (χ3v) is 35.8. The van der Waals surface area contributed by atoms with Gasteiger partial charge in [-0.2, -0.15) is 0 Å². The van der Waals surface area contributed by atoms with Crippen LogP contribution in [0.1, 0.15) is 32.2 Å². The van der Waals surface area contributed by atoms with Gasteiger partial charge in [0.1, 0.15) is 0 Å². The molecule has 0 heterocycles. The van der Waals surface area contributed by atoms with Crippen LogP contribution in [-0.4, -0.2) is 48.4 Å². The molecule has 0 aromatic heterocycles. The molecule has 0 spiro atoms. The Hall–Kier alpha value is 1.55. The molecule has 0 bridgehead atoms. The number of hydrogen-bond acceptors (Lipinski definition) is 0. The molecule has 0 aliphatic heterocycles. The van der Waals surface area contributed by atoms with E-state index >= 15 is 0 Å². The molecule has 1 aromatic rings. The summed E-state index contributed by atoms with van der Waals surface area (Å²) in [7, 11) is -4.03. The minimum atomic E-state index is -1.42. The minimum absolute atomic E-state index is 0. The molecule has 0 saturated heterocycles. The molecule has 0 aliphatic rings. The summed E-state index contributed by atoms with van der Waals surface area (Å²) < 4.78 is 0. The minimum Gasteiger partial charge on any atom is -0.524 e. The Labute approximate surface area is 242 Å². The Morgan fingerprint density at radius 1 is 0.429 bits per heavy atom. The number of benzene rings is 1. The summed E-state index contributed by atoms with van der Waals surface area (Å²) >= 11 is 0. The Morgan fingerprint density at radius 3 is 0.800 bits per heavy atom. The van der Waals surface area contributed by atoms with Crippen LogP contribution < -0.4 is 24.2 Å². The zero-order valence-electron chi connectivity index (χ0n) is 27.4. The summed E-state index contributed by atoms with van der Waals surface area (Å²) in [5, 5.41) is 3.81. The SMILES string of the molecule is C[Si](C)(C)C(c1cc(C([Si](C)(C)C)[Si](C)(C)C)c([PH-])c(C([Si](C)(C)C)[Si](C)(C)C)c1)[Si](C)(C)C.[Li+]. The van der Waals surface area contributed by atoms with Gasteiger partial charge in [-0.25, -0.2) is 5.30 Å². The van der Waals surface area contributed by atoms with Gasteiger partial charge < -0.3 is 9.24 Å². The molecule has 0 radical (unpaired) electrons. The Bertz CT molecular complexity index is 764. The molecule has 0 nitrogen and oxygen atoms in total. The standard InChI is InChI=1S/C27H60PSi6.Li/c1-29(2,3)25(30(4,5)6)21-19-22(26(31(7,8)9)32(10,11)12)24(28)23(20-21)27(33(13,14)15)34(16,17)18;/h19-20,25-28H,1-18H3;/q-1;+1. The van der Waals surface area contributed by atoms with Crippen LogP contribution in [0.3, 0.4) is 0 Å². The van der Waals surface area contributed by atoms with Gasteiger partial charge in [0.05, 0.1) is 0 Å². The van der Waals surface area contributed by atoms with E-state index in [1.807, 2.05) is 0 Å². The van der Waals surface area contributed by atoms with Crippen molar-refractivity contribution in [3.63, 3.8) is 0 Å². The van der Waals surface area contributed by atoms with Gasteiger partial charge in [0.25, 0.3) is 0 Å². The van der Waals surface area contributed by atoms with Crippen molar-refractivity contribution < 1.29 is 18.9 Å². The first kappa shape index (κ1) is 36.5. The van der Waals surface area contributed by atoms with Crippen LogP contribution in [0.2, 0.25) is 118 Å². The maximum absolute atomic E-state index is 4.42. The first-order chi connectivity index (χ1) is 14.6. The molecule has 0 saturated carbocycles. The number of rotatable bonds is 9. The van der Waals surface area contributed by atoms with Crippen molar-refractivity contribution in [2.24, 2.45) is 0 Å². The van der Waals surface area contributed by atoms with Crippen molar-refractivity contribution in [1.82, 2.24) is 0 Å². The largest absolute Gasteiger partial charge is 1.00 e. The normalized spacial score (nSPS) is 14.7. The van der Waals surface area contributed by atoms with Gasteiger partial charge in [0.15, 0.2) is 0 Å². The molecular weight excluding hydrogens is 531 g/mol. The second-order valence-electron chi connectivity index (χ2n) is 17.6. The third-order valence-electron chi connectivity index (χ3n) is 7.37. The predicted octanol–water partition coefficient (Wildman–Crippen LogP) is 6.97. The smallest absolute Gasteiger partial charge is 0.524 e. The molecule has 1 aromatic carbocycles. The van der Waals surface area contributed by atoms with E-state index < -0.39 is 48.4 Å². The Kier molecular flexibility index (Phi) is 12.1. The van der Waals surface area contributed by atoms with E-state index in [9.17, 15) is 0 Å². The molecule has 1 rings (SSSR count). The zero-order valence-corrected chi connectivity index (χ0v) is 34.4. The second kappa shape index (κ2) is 11.6. The molecule has 0 N–H and O–H groups in total. The first-order valence-corrected chi connectivity index (χ1v) is 35.5. The van der Waals surface area contributed by atoms with Crippen molar-refractivity contribution >= 4 is 63.0 Å². The van der Waals surface area contributed by atoms with Gasteiger partial charge in [-0.1, -0.05) is 141 Å². The fraction of sp³-hybridized carbons (Fsp3) is 0.778. The van der Waals surface area contributed by atoms with E-state index in [-0.39, 0.29) is 18.9 Å². The van der Waals surface area contributed by atoms with E-state index in [2.05, 4.69) is 139 Å². The fourth-order valence-corrected chi connectivity index (χ4v) is 47.3. The average Bonchev–Trinajstić information content (AvgIpc) is 2.42. The third kappa shape index (κ3) is 9.31. The van der Waals surface area contributed by atoms with Crippen molar-refractivity contribution in [1.29, 1.82) is 0 Å². The average molecular weight is 591 g/mol. The fourth-order valence-electron chi connectivity index (χ4n) is 8.10. The summed E-state index contributed by atoms with van der Waals surface area (Å²) in [6.45, 7) is 47.2. The van der Waals surface area contributed by atoms with Gasteiger partial charge in [0, 0.05) is 48.4 Å². The molecule has 8 heteroatoms. The van der Waals surface area contributed by atoms with E-state index in [0.29, 0.717) is 0 Å². The Balaban J connectivity index is 0.0000116. The van der Waals surface area contributed by atoms with Crippen LogP contribution >= 0.6 is 9.24 Å². The van der Waals surface area contributed by atoms with Gasteiger partial charge in [-0.15, -0.1) is 0 Å². The summed E-state index contributed by atoms with van der Waals surface area (Å²) in [5.41, 5.74) is 5.12. The molecular formula is C27H60LiPSi6. The summed E-state index contributed by atoms with van der Waals surface area (Å²) in [5.74, 6) is 0. The second-order valence-corrected chi connectivity index (χ2v) is 51.7. The van der Waals surface area contributed by atoms with Gasteiger partial charge in [-0.05, 0) is 21.1 Å². The van der Waals surface area contributed by atoms with Crippen LogP contribution in [0.4, 0.5) is 0 Å². The predicted molar refractivity (Wildman–Crippen MR) is 183 cm³/mol. The first-order valence-electron chi connectivity index (χ1n) is 13.5. The maximum Gasteiger partial charge on any atom is 1.00 e. The van der Waals surface area contributed by atoms with E-state index in [4.69, 9.17) is 0 Å². The van der Waals surface area contributed by atoms with Crippen molar-refractivity contribution in [3.8, 4) is 0 Å². The molecule has 0 atom stereocenters. The summed E-state index contributed by atoms with van der Waals surface area (Å²) in [4.78, 5) is 0.